The Morgan fingerprint density at radius 3 is 2.47 bits per heavy atom. The van der Waals surface area contributed by atoms with E-state index in [9.17, 15) is 14.4 Å². The van der Waals surface area contributed by atoms with Gasteiger partial charge in [-0.15, -0.1) is 13.2 Å². The van der Waals surface area contributed by atoms with Crippen LogP contribution in [-0.4, -0.2) is 71.6 Å². The van der Waals surface area contributed by atoms with E-state index in [-0.39, 0.29) is 36.6 Å². The normalized spacial score (nSPS) is 24.0. The Bertz CT molecular complexity index is 1320. The maximum absolute atomic E-state index is 13.8. The summed E-state index contributed by atoms with van der Waals surface area (Å²) < 4.78 is 17.0. The number of nitrogens with zero attached hydrogens (tertiary/aromatic N) is 3. The lowest BCUT2D eigenvalue weighted by molar-refractivity contribution is -0.150. The van der Waals surface area contributed by atoms with Gasteiger partial charge in [-0.25, -0.2) is 4.79 Å². The number of carbonyl (C=O) groups is 3. The molecule has 43 heavy (non-hydrogen) atoms. The molecule has 0 radical (unpaired) electrons. The molecule has 0 bridgehead atoms. The third-order valence-corrected chi connectivity index (χ3v) is 8.19. The van der Waals surface area contributed by atoms with E-state index in [1.165, 1.54) is 7.11 Å². The highest BCUT2D eigenvalue weighted by Crippen LogP contribution is 2.46. The summed E-state index contributed by atoms with van der Waals surface area (Å²) >= 11 is 0. The van der Waals surface area contributed by atoms with Crippen LogP contribution in [0.2, 0.25) is 0 Å². The molecule has 2 saturated carbocycles. The van der Waals surface area contributed by atoms with Crippen molar-refractivity contribution < 1.29 is 28.6 Å². The fourth-order valence-electron chi connectivity index (χ4n) is 5.71. The van der Waals surface area contributed by atoms with Crippen LogP contribution in [0.25, 0.3) is 11.4 Å². The predicted molar refractivity (Wildman–Crippen MR) is 162 cm³/mol. The molecule has 10 heteroatoms. The van der Waals surface area contributed by atoms with Gasteiger partial charge in [0.25, 0.3) is 0 Å². The van der Waals surface area contributed by atoms with Crippen molar-refractivity contribution >= 4 is 17.8 Å². The Morgan fingerprint density at radius 1 is 1.09 bits per heavy atom. The highest BCUT2D eigenvalue weighted by Gasteiger charge is 2.62. The Kier molecular flexibility index (Phi) is 10.6. The number of unbranched alkanes of at least 4 members (excludes halogenated alkanes) is 2. The van der Waals surface area contributed by atoms with Crippen LogP contribution < -0.4 is 14.8 Å². The van der Waals surface area contributed by atoms with Crippen molar-refractivity contribution in [1.82, 2.24) is 20.2 Å². The first-order valence-corrected chi connectivity index (χ1v) is 14.9. The zero-order valence-corrected chi connectivity index (χ0v) is 25.3. The standard InChI is InChI=1S/C33H42N4O6/c1-6-9-10-14-17-37(4)31(39)26-19-24(18-25(26)30(38)36-33(21-23(33)7-2)32(40)42-8-3)43-28-20-27(41-5)34-29(35-28)22-15-12-11-13-16-22/h6-7,11-13,15-16,20,23-26H,1-2,8-10,14,17-19,21H2,3-5H3,(H,36,38). The van der Waals surface area contributed by atoms with Gasteiger partial charge in [0.1, 0.15) is 11.6 Å². The largest absolute Gasteiger partial charge is 0.481 e. The first-order valence-electron chi connectivity index (χ1n) is 14.9. The molecule has 0 saturated heterocycles. The summed E-state index contributed by atoms with van der Waals surface area (Å²) in [5.74, 6) is -1.48. The summed E-state index contributed by atoms with van der Waals surface area (Å²) in [4.78, 5) is 51.1. The van der Waals surface area contributed by atoms with Crippen LogP contribution in [0.15, 0.2) is 61.7 Å². The molecule has 2 aliphatic rings. The van der Waals surface area contributed by atoms with Crippen molar-refractivity contribution in [1.29, 1.82) is 0 Å². The minimum Gasteiger partial charge on any atom is -0.481 e. The van der Waals surface area contributed by atoms with Gasteiger partial charge in [0.15, 0.2) is 5.82 Å². The zero-order valence-electron chi connectivity index (χ0n) is 25.3. The maximum atomic E-state index is 13.8. The molecule has 2 amide bonds. The maximum Gasteiger partial charge on any atom is 0.332 e. The number of hydrogen-bond donors (Lipinski definition) is 1. The van der Waals surface area contributed by atoms with Crippen molar-refractivity contribution in [3.8, 4) is 23.1 Å². The predicted octanol–water partition coefficient (Wildman–Crippen LogP) is 4.36. The molecule has 10 nitrogen and oxygen atoms in total. The van der Waals surface area contributed by atoms with Crippen molar-refractivity contribution in [3.63, 3.8) is 0 Å². The molecule has 5 atom stereocenters. The van der Waals surface area contributed by atoms with Crippen LogP contribution in [-0.2, 0) is 19.1 Å². The zero-order chi connectivity index (χ0) is 31.0. The number of benzene rings is 1. The molecule has 4 rings (SSSR count). The van der Waals surface area contributed by atoms with Gasteiger partial charge < -0.3 is 24.4 Å². The van der Waals surface area contributed by atoms with Gasteiger partial charge >= 0.3 is 5.97 Å². The molecule has 5 unspecified atom stereocenters. The van der Waals surface area contributed by atoms with Crippen LogP contribution >= 0.6 is 0 Å². The van der Waals surface area contributed by atoms with E-state index in [1.807, 2.05) is 36.4 Å². The van der Waals surface area contributed by atoms with Crippen LogP contribution in [0.5, 0.6) is 11.8 Å². The third kappa shape index (κ3) is 7.42. The summed E-state index contributed by atoms with van der Waals surface area (Å²) in [5.41, 5.74) is -0.353. The van der Waals surface area contributed by atoms with Gasteiger partial charge in [0.05, 0.1) is 31.6 Å². The lowest BCUT2D eigenvalue weighted by Gasteiger charge is -2.26. The molecule has 0 aliphatic heterocycles. The van der Waals surface area contributed by atoms with E-state index < -0.39 is 29.4 Å². The Labute approximate surface area is 253 Å². The Balaban J connectivity index is 1.56. The second-order valence-electron chi connectivity index (χ2n) is 11.1. The van der Waals surface area contributed by atoms with Gasteiger partial charge in [-0.05, 0) is 45.4 Å². The minimum atomic E-state index is -1.15. The number of esters is 1. The van der Waals surface area contributed by atoms with Gasteiger partial charge in [0, 0.05) is 25.1 Å². The number of nitrogens with one attached hydrogen (secondary N) is 1. The minimum absolute atomic E-state index is 0.128. The monoisotopic (exact) mass is 590 g/mol. The van der Waals surface area contributed by atoms with Crippen LogP contribution in [0.4, 0.5) is 0 Å². The van der Waals surface area contributed by atoms with Gasteiger partial charge in [-0.1, -0.05) is 42.5 Å². The number of allylic oxidation sites excluding steroid dienone is 1. The summed E-state index contributed by atoms with van der Waals surface area (Å²) in [7, 11) is 3.28. The van der Waals surface area contributed by atoms with Crippen LogP contribution in [0.3, 0.4) is 0 Å². The number of hydrogen-bond acceptors (Lipinski definition) is 8. The first kappa shape index (κ1) is 31.7. The number of carbonyl (C=O) groups excluding carboxylic acids is 3. The van der Waals surface area contributed by atoms with E-state index >= 15 is 0 Å². The lowest BCUT2D eigenvalue weighted by atomic mass is 9.93. The molecular formula is C33H42N4O6. The van der Waals surface area contributed by atoms with Crippen molar-refractivity contribution in [2.45, 2.75) is 57.1 Å². The first-order chi connectivity index (χ1) is 20.8. The molecule has 2 aliphatic carbocycles. The molecule has 1 aromatic carbocycles. The molecule has 2 fully saturated rings. The lowest BCUT2D eigenvalue weighted by Crippen LogP contribution is -2.50. The number of amides is 2. The molecule has 1 N–H and O–H groups in total. The molecule has 230 valence electrons. The number of rotatable bonds is 15. The summed E-state index contributed by atoms with van der Waals surface area (Å²) in [6.07, 6.45) is 6.67. The molecule has 2 aromatic rings. The van der Waals surface area contributed by atoms with Crippen molar-refractivity contribution in [2.75, 3.05) is 27.3 Å². The average molecular weight is 591 g/mol. The summed E-state index contributed by atoms with van der Waals surface area (Å²) in [5, 5.41) is 2.94. The summed E-state index contributed by atoms with van der Waals surface area (Å²) in [6, 6.07) is 11.1. The highest BCUT2D eigenvalue weighted by molar-refractivity contribution is 5.95. The topological polar surface area (TPSA) is 120 Å². The van der Waals surface area contributed by atoms with Crippen molar-refractivity contribution in [3.05, 3.63) is 61.7 Å². The van der Waals surface area contributed by atoms with Crippen LogP contribution in [0.1, 0.15) is 45.4 Å². The quantitative estimate of drug-likeness (QED) is 0.185. The number of methoxy groups -OCH3 is 1. The second-order valence-corrected chi connectivity index (χ2v) is 11.1. The van der Waals surface area contributed by atoms with Crippen LogP contribution in [0, 0.1) is 17.8 Å². The SMILES string of the molecule is C=CCCCCN(C)C(=O)C1CC(Oc2cc(OC)nc(-c3ccccc3)n2)CC1C(=O)NC1(C(=O)OCC)CC1C=C. The van der Waals surface area contributed by atoms with E-state index in [1.54, 1.807) is 31.0 Å². The van der Waals surface area contributed by atoms with Gasteiger partial charge in [0.2, 0.25) is 23.6 Å². The Morgan fingerprint density at radius 2 is 1.81 bits per heavy atom. The smallest absolute Gasteiger partial charge is 0.332 e. The number of aromatic nitrogens is 2. The fourth-order valence-corrected chi connectivity index (χ4v) is 5.71. The summed E-state index contributed by atoms with van der Waals surface area (Å²) in [6.45, 7) is 10.1. The number of ether oxygens (including phenoxy) is 3. The van der Waals surface area contributed by atoms with Gasteiger partial charge in [-0.2, -0.15) is 9.97 Å². The van der Waals surface area contributed by atoms with Gasteiger partial charge in [-0.3, -0.25) is 9.59 Å². The van der Waals surface area contributed by atoms with E-state index in [2.05, 4.69) is 28.4 Å². The molecular weight excluding hydrogens is 548 g/mol. The highest BCUT2D eigenvalue weighted by atomic mass is 16.5. The molecule has 0 spiro atoms. The Hall–Kier alpha value is -4.21. The fraction of sp³-hybridized carbons (Fsp3) is 0.485. The van der Waals surface area contributed by atoms with E-state index in [0.29, 0.717) is 31.1 Å². The molecule has 1 heterocycles. The third-order valence-electron chi connectivity index (χ3n) is 8.19. The second kappa shape index (κ2) is 14.3. The van der Waals surface area contributed by atoms with E-state index in [4.69, 9.17) is 14.2 Å². The van der Waals surface area contributed by atoms with E-state index in [0.717, 1.165) is 24.8 Å². The molecule has 1 aromatic heterocycles. The van der Waals surface area contributed by atoms with Crippen molar-refractivity contribution in [2.24, 2.45) is 17.8 Å². The average Bonchev–Trinajstić information content (AvgIpc) is 3.58.